The summed E-state index contributed by atoms with van der Waals surface area (Å²) in [6.07, 6.45) is -0.354. The van der Waals surface area contributed by atoms with Crippen LogP contribution in [0.2, 0.25) is 54.4 Å². The molecule has 4 nitrogen and oxygen atoms in total. The second kappa shape index (κ2) is 13.1. The van der Waals surface area contributed by atoms with Crippen molar-refractivity contribution in [2.75, 3.05) is 6.61 Å². The molecule has 2 unspecified atom stereocenters. The topological polar surface area (TPSA) is 36.9 Å². The zero-order valence-corrected chi connectivity index (χ0v) is 25.1. The Hall–Kier alpha value is 0.0706. The summed E-state index contributed by atoms with van der Waals surface area (Å²) in [4.78, 5) is 0. The molecule has 0 aliphatic carbocycles. The zero-order chi connectivity index (χ0) is 23.7. The monoisotopic (exact) mass is 488 g/mol. The van der Waals surface area contributed by atoms with Crippen molar-refractivity contribution in [3.05, 3.63) is 12.3 Å². The van der Waals surface area contributed by atoms with Crippen molar-refractivity contribution in [2.24, 2.45) is 0 Å². The normalized spacial score (nSPS) is 22.7. The largest absolute Gasteiger partial charge is 0.487 e. The molecular formula is C24H52O4Si3. The number of hydrogen-bond donors (Lipinski definition) is 0. The summed E-state index contributed by atoms with van der Waals surface area (Å²) in [5, 5.41) is 0. The molecule has 0 radical (unpaired) electrons. The Morgan fingerprint density at radius 3 is 1.42 bits per heavy atom. The van der Waals surface area contributed by atoms with E-state index >= 15 is 0 Å². The fraction of sp³-hybridized carbons (Fsp3) is 0.917. The Labute approximate surface area is 196 Å². The third-order valence-electron chi connectivity index (χ3n) is 8.40. The Kier molecular flexibility index (Phi) is 12.3. The highest BCUT2D eigenvalue weighted by atomic mass is 28.4. The molecule has 1 heterocycles. The fourth-order valence-electron chi connectivity index (χ4n) is 4.98. The van der Waals surface area contributed by atoms with E-state index in [-0.39, 0.29) is 18.3 Å². The van der Waals surface area contributed by atoms with Crippen molar-refractivity contribution in [3.8, 4) is 0 Å². The van der Waals surface area contributed by atoms with Crippen LogP contribution < -0.4 is 0 Å². The van der Waals surface area contributed by atoms with E-state index in [1.54, 1.807) is 0 Å². The molecule has 0 spiro atoms. The summed E-state index contributed by atoms with van der Waals surface area (Å²) in [6, 6.07) is 10.2. The summed E-state index contributed by atoms with van der Waals surface area (Å²) in [5.41, 5.74) is 0. The first-order valence-electron chi connectivity index (χ1n) is 13.1. The van der Waals surface area contributed by atoms with Crippen molar-refractivity contribution >= 4 is 25.0 Å². The molecule has 31 heavy (non-hydrogen) atoms. The third-order valence-corrected chi connectivity index (χ3v) is 22.3. The molecule has 0 aromatic carbocycles. The number of ether oxygens (including phenoxy) is 1. The van der Waals surface area contributed by atoms with Crippen LogP contribution >= 0.6 is 0 Å². The molecule has 0 aromatic heterocycles. The minimum absolute atomic E-state index is 0.0900. The van der Waals surface area contributed by atoms with Crippen LogP contribution in [0.1, 0.15) is 62.3 Å². The Morgan fingerprint density at radius 1 is 0.645 bits per heavy atom. The maximum absolute atomic E-state index is 7.07. The standard InChI is InChI=1S/C24H52O4Si3/c1-11-29(12-2,13-3)25-20-22-24(28-31(17-7,18-8)19-9)23(21(10)26-22)27-30(14-4,15-5)16-6/h22-24H,10-20H2,1-9H3/t22-,23?,24?/m1/s1. The molecule has 0 aromatic rings. The highest BCUT2D eigenvalue weighted by Gasteiger charge is 2.50. The summed E-state index contributed by atoms with van der Waals surface area (Å²) in [5.74, 6) is 0.758. The number of hydrogen-bond acceptors (Lipinski definition) is 4. The molecule has 184 valence electrons. The van der Waals surface area contributed by atoms with Crippen LogP contribution in [-0.2, 0) is 18.0 Å². The van der Waals surface area contributed by atoms with Crippen LogP contribution in [0.4, 0.5) is 0 Å². The predicted octanol–water partition coefficient (Wildman–Crippen LogP) is 7.70. The van der Waals surface area contributed by atoms with Gasteiger partial charge in [-0.3, -0.25) is 0 Å². The van der Waals surface area contributed by atoms with Gasteiger partial charge in [0.25, 0.3) is 0 Å². The van der Waals surface area contributed by atoms with E-state index in [1.165, 1.54) is 0 Å². The molecule has 1 fully saturated rings. The van der Waals surface area contributed by atoms with Gasteiger partial charge in [0, 0.05) is 0 Å². The SMILES string of the molecule is C=C1O[C@H](CO[Si](CC)(CC)CC)C(O[Si](CC)(CC)CC)C1O[Si](CC)(CC)CC. The molecule has 7 heteroatoms. The minimum Gasteiger partial charge on any atom is -0.487 e. The van der Waals surface area contributed by atoms with Crippen molar-refractivity contribution in [1.82, 2.24) is 0 Å². The lowest BCUT2D eigenvalue weighted by Crippen LogP contribution is -2.51. The summed E-state index contributed by atoms with van der Waals surface area (Å²) < 4.78 is 27.1. The van der Waals surface area contributed by atoms with Crippen LogP contribution in [0, 0.1) is 0 Å². The van der Waals surface area contributed by atoms with Gasteiger partial charge in [-0.1, -0.05) is 68.9 Å². The van der Waals surface area contributed by atoms with Gasteiger partial charge in [0.15, 0.2) is 25.0 Å². The van der Waals surface area contributed by atoms with Crippen molar-refractivity contribution < 1.29 is 18.0 Å². The third kappa shape index (κ3) is 6.79. The average Bonchev–Trinajstić information content (AvgIpc) is 3.10. The fourth-order valence-corrected chi connectivity index (χ4v) is 13.3. The van der Waals surface area contributed by atoms with E-state index in [0.29, 0.717) is 6.61 Å². The lowest BCUT2D eigenvalue weighted by atomic mass is 10.1. The second-order valence-electron chi connectivity index (χ2n) is 9.29. The summed E-state index contributed by atoms with van der Waals surface area (Å²) >= 11 is 0. The Balaban J connectivity index is 3.22. The summed E-state index contributed by atoms with van der Waals surface area (Å²) in [6.45, 7) is 25.4. The van der Waals surface area contributed by atoms with Crippen molar-refractivity contribution in [1.29, 1.82) is 0 Å². The van der Waals surface area contributed by atoms with Crippen LogP contribution in [0.3, 0.4) is 0 Å². The maximum Gasteiger partial charge on any atom is 0.193 e. The summed E-state index contributed by atoms with van der Waals surface area (Å²) in [7, 11) is -5.35. The first-order valence-corrected chi connectivity index (χ1v) is 20.7. The van der Waals surface area contributed by atoms with Crippen LogP contribution in [0.15, 0.2) is 12.3 Å². The molecule has 1 aliphatic rings. The lowest BCUT2D eigenvalue weighted by Gasteiger charge is -2.38. The minimum atomic E-state index is -1.83. The van der Waals surface area contributed by atoms with Crippen LogP contribution in [0.5, 0.6) is 0 Å². The second-order valence-corrected chi connectivity index (χ2v) is 23.5. The first kappa shape index (κ1) is 29.1. The molecule has 1 rings (SSSR count). The highest BCUT2D eigenvalue weighted by Crippen LogP contribution is 2.38. The smallest absolute Gasteiger partial charge is 0.193 e. The van der Waals surface area contributed by atoms with Gasteiger partial charge in [0.2, 0.25) is 0 Å². The van der Waals surface area contributed by atoms with Gasteiger partial charge in [-0.2, -0.15) is 0 Å². The zero-order valence-electron chi connectivity index (χ0n) is 22.1. The Morgan fingerprint density at radius 2 is 1.03 bits per heavy atom. The van der Waals surface area contributed by atoms with Gasteiger partial charge in [0.05, 0.1) is 6.61 Å². The molecule has 0 amide bonds. The molecule has 1 aliphatic heterocycles. The van der Waals surface area contributed by atoms with E-state index in [1.807, 2.05) is 0 Å². The van der Waals surface area contributed by atoms with Gasteiger partial charge in [-0.25, -0.2) is 0 Å². The molecule has 0 bridgehead atoms. The van der Waals surface area contributed by atoms with Gasteiger partial charge in [0.1, 0.15) is 24.1 Å². The van der Waals surface area contributed by atoms with E-state index in [0.717, 1.165) is 60.2 Å². The predicted molar refractivity (Wildman–Crippen MR) is 141 cm³/mol. The van der Waals surface area contributed by atoms with Crippen molar-refractivity contribution in [3.63, 3.8) is 0 Å². The van der Waals surface area contributed by atoms with Crippen LogP contribution in [0.25, 0.3) is 0 Å². The van der Waals surface area contributed by atoms with E-state index < -0.39 is 25.0 Å². The molecule has 1 saturated heterocycles. The molecule has 0 N–H and O–H groups in total. The van der Waals surface area contributed by atoms with Gasteiger partial charge >= 0.3 is 0 Å². The molecular weight excluding hydrogens is 437 g/mol. The highest BCUT2D eigenvalue weighted by molar-refractivity contribution is 6.74. The lowest BCUT2D eigenvalue weighted by molar-refractivity contribution is 0.0113. The average molecular weight is 489 g/mol. The quantitative estimate of drug-likeness (QED) is 0.208. The molecule has 3 atom stereocenters. The maximum atomic E-state index is 7.07. The van der Waals surface area contributed by atoms with Gasteiger partial charge < -0.3 is 18.0 Å². The van der Waals surface area contributed by atoms with Gasteiger partial charge in [-0.05, 0) is 54.4 Å². The Bertz CT molecular complexity index is 506. The van der Waals surface area contributed by atoms with Crippen molar-refractivity contribution in [2.45, 2.75) is 135 Å². The van der Waals surface area contributed by atoms with E-state index in [9.17, 15) is 0 Å². The van der Waals surface area contributed by atoms with Gasteiger partial charge in [-0.15, -0.1) is 0 Å². The number of rotatable bonds is 16. The van der Waals surface area contributed by atoms with E-state index in [2.05, 4.69) is 68.9 Å². The first-order chi connectivity index (χ1) is 14.7. The molecule has 0 saturated carbocycles. The van der Waals surface area contributed by atoms with Crippen LogP contribution in [-0.4, -0.2) is 49.9 Å². The van der Waals surface area contributed by atoms with E-state index in [4.69, 9.17) is 18.0 Å².